The minimum atomic E-state index is -4.56. The molecule has 0 aliphatic heterocycles. The molecular weight excluding hydrogens is 386 g/mol. The maximum Gasteiger partial charge on any atom is 0.433 e. The number of hydrogen-bond donors (Lipinski definition) is 0. The molecule has 29 heavy (non-hydrogen) atoms. The Kier molecular flexibility index (Phi) is 4.84. The summed E-state index contributed by atoms with van der Waals surface area (Å²) in [6, 6.07) is 11.6. The summed E-state index contributed by atoms with van der Waals surface area (Å²) in [6.07, 6.45) is 0.0228. The maximum absolute atomic E-state index is 14.2. The first-order chi connectivity index (χ1) is 13.9. The number of pyridine rings is 3. The number of ether oxygens (including phenoxy) is 1. The van der Waals surface area contributed by atoms with Crippen LogP contribution in [0.3, 0.4) is 0 Å². The topological polar surface area (TPSA) is 47.9 Å². The van der Waals surface area contributed by atoms with Gasteiger partial charge in [0.2, 0.25) is 0 Å². The second-order valence-electron chi connectivity index (χ2n) is 6.21. The fourth-order valence-corrected chi connectivity index (χ4v) is 2.86. The summed E-state index contributed by atoms with van der Waals surface area (Å²) in [5, 5.41) is 0.423. The number of rotatable bonds is 4. The minimum Gasteiger partial charge on any atom is -0.486 e. The Balaban J connectivity index is 1.70. The number of hydrogen-bond acceptors (Lipinski definition) is 4. The molecule has 0 aliphatic rings. The molecule has 0 unspecified atom stereocenters. The van der Waals surface area contributed by atoms with E-state index in [0.717, 1.165) is 11.6 Å². The van der Waals surface area contributed by atoms with Gasteiger partial charge in [-0.2, -0.15) is 13.2 Å². The van der Waals surface area contributed by atoms with Crippen LogP contribution in [-0.4, -0.2) is 15.0 Å². The summed E-state index contributed by atoms with van der Waals surface area (Å²) in [6.45, 7) is 0.149. The number of halogens is 4. The molecule has 0 N–H and O–H groups in total. The van der Waals surface area contributed by atoms with Gasteiger partial charge in [-0.1, -0.05) is 6.07 Å². The van der Waals surface area contributed by atoms with Crippen LogP contribution in [0.15, 0.2) is 67.1 Å². The van der Waals surface area contributed by atoms with E-state index in [2.05, 4.69) is 15.0 Å². The van der Waals surface area contributed by atoms with Crippen LogP contribution in [0.1, 0.15) is 11.3 Å². The maximum atomic E-state index is 14.2. The van der Waals surface area contributed by atoms with E-state index in [-0.39, 0.29) is 18.0 Å². The van der Waals surface area contributed by atoms with Gasteiger partial charge in [0.25, 0.3) is 0 Å². The highest BCUT2D eigenvalue weighted by Crippen LogP contribution is 2.33. The van der Waals surface area contributed by atoms with E-state index in [0.29, 0.717) is 16.5 Å². The van der Waals surface area contributed by atoms with Gasteiger partial charge >= 0.3 is 6.18 Å². The molecule has 0 fully saturated rings. The van der Waals surface area contributed by atoms with Crippen molar-refractivity contribution >= 4 is 11.0 Å². The van der Waals surface area contributed by atoms with Crippen molar-refractivity contribution < 1.29 is 22.3 Å². The quantitative estimate of drug-likeness (QED) is 0.430. The lowest BCUT2D eigenvalue weighted by atomic mass is 10.0. The highest BCUT2D eigenvalue weighted by Gasteiger charge is 2.32. The van der Waals surface area contributed by atoms with Crippen molar-refractivity contribution in [2.45, 2.75) is 12.8 Å². The molecule has 0 atom stereocenters. The SMILES string of the molecule is Fc1ccc(-c2ccnc3nc(C(F)(F)F)ccc23)cc1OCc1ccncc1. The predicted molar refractivity (Wildman–Crippen MR) is 98.5 cm³/mol. The van der Waals surface area contributed by atoms with Crippen molar-refractivity contribution in [3.05, 3.63) is 84.2 Å². The highest BCUT2D eigenvalue weighted by atomic mass is 19.4. The van der Waals surface area contributed by atoms with Crippen LogP contribution in [0, 0.1) is 5.82 Å². The van der Waals surface area contributed by atoms with Gasteiger partial charge in [0.15, 0.2) is 17.2 Å². The summed E-state index contributed by atoms with van der Waals surface area (Å²) >= 11 is 0. The number of benzene rings is 1. The van der Waals surface area contributed by atoms with Crippen molar-refractivity contribution in [1.29, 1.82) is 0 Å². The zero-order valence-corrected chi connectivity index (χ0v) is 14.8. The third kappa shape index (κ3) is 4.01. The number of nitrogens with zero attached hydrogens (tertiary/aromatic N) is 3. The summed E-state index contributed by atoms with van der Waals surface area (Å²) < 4.78 is 58.5. The molecular formula is C21H13F4N3O. The molecule has 0 spiro atoms. The lowest BCUT2D eigenvalue weighted by Gasteiger charge is -2.12. The van der Waals surface area contributed by atoms with Gasteiger partial charge in [0.05, 0.1) is 0 Å². The normalized spacial score (nSPS) is 11.6. The van der Waals surface area contributed by atoms with Gasteiger partial charge in [-0.25, -0.2) is 14.4 Å². The lowest BCUT2D eigenvalue weighted by Crippen LogP contribution is -2.08. The van der Waals surface area contributed by atoms with Crippen molar-refractivity contribution in [2.75, 3.05) is 0 Å². The molecule has 0 bridgehead atoms. The summed E-state index contributed by atoms with van der Waals surface area (Å²) in [5.41, 5.74) is 0.911. The standard InChI is InChI=1S/C21H13F4N3O/c22-17-3-1-14(11-18(17)29-12-13-5-8-26-9-6-13)15-7-10-27-20-16(15)2-4-19(28-20)21(23,24)25/h1-11H,12H2. The molecule has 0 saturated carbocycles. The first-order valence-corrected chi connectivity index (χ1v) is 8.56. The summed E-state index contributed by atoms with van der Waals surface area (Å²) in [7, 11) is 0. The number of alkyl halides is 3. The molecule has 3 aromatic heterocycles. The summed E-state index contributed by atoms with van der Waals surface area (Å²) in [4.78, 5) is 11.4. The van der Waals surface area contributed by atoms with E-state index in [1.165, 1.54) is 30.5 Å². The van der Waals surface area contributed by atoms with Crippen molar-refractivity contribution in [2.24, 2.45) is 0 Å². The second-order valence-corrected chi connectivity index (χ2v) is 6.21. The fraction of sp³-hybridized carbons (Fsp3) is 0.0952. The van der Waals surface area contributed by atoms with Crippen LogP contribution in [-0.2, 0) is 12.8 Å². The summed E-state index contributed by atoms with van der Waals surface area (Å²) in [5.74, 6) is -0.511. The van der Waals surface area contributed by atoms with Crippen molar-refractivity contribution in [3.63, 3.8) is 0 Å². The molecule has 8 heteroatoms. The van der Waals surface area contributed by atoms with Gasteiger partial charge in [0, 0.05) is 24.0 Å². The lowest BCUT2D eigenvalue weighted by molar-refractivity contribution is -0.141. The molecule has 146 valence electrons. The molecule has 0 aliphatic carbocycles. The van der Waals surface area contributed by atoms with Crippen LogP contribution in [0.4, 0.5) is 17.6 Å². The van der Waals surface area contributed by atoms with Crippen LogP contribution in [0.25, 0.3) is 22.2 Å². The van der Waals surface area contributed by atoms with Gasteiger partial charge in [-0.3, -0.25) is 4.98 Å². The monoisotopic (exact) mass is 399 g/mol. The average molecular weight is 399 g/mol. The van der Waals surface area contributed by atoms with Crippen molar-refractivity contribution in [3.8, 4) is 16.9 Å². The molecule has 3 heterocycles. The minimum absolute atomic E-state index is 0.0316. The Morgan fingerprint density at radius 3 is 2.45 bits per heavy atom. The zero-order valence-electron chi connectivity index (χ0n) is 14.8. The van der Waals surface area contributed by atoms with E-state index < -0.39 is 17.7 Å². The largest absolute Gasteiger partial charge is 0.486 e. The first kappa shape index (κ1) is 18.8. The van der Waals surface area contributed by atoms with Crippen LogP contribution in [0.2, 0.25) is 0 Å². The Labute approximate surface area is 162 Å². The Hall–Kier alpha value is -3.55. The van der Waals surface area contributed by atoms with E-state index >= 15 is 0 Å². The van der Waals surface area contributed by atoms with Gasteiger partial charge < -0.3 is 4.74 Å². The van der Waals surface area contributed by atoms with Gasteiger partial charge in [-0.05, 0) is 59.2 Å². The van der Waals surface area contributed by atoms with Crippen LogP contribution < -0.4 is 4.74 Å². The molecule has 0 saturated heterocycles. The Morgan fingerprint density at radius 1 is 0.897 bits per heavy atom. The average Bonchev–Trinajstić information content (AvgIpc) is 2.72. The zero-order chi connectivity index (χ0) is 20.4. The van der Waals surface area contributed by atoms with E-state index in [9.17, 15) is 17.6 Å². The van der Waals surface area contributed by atoms with Crippen LogP contribution >= 0.6 is 0 Å². The van der Waals surface area contributed by atoms with E-state index in [4.69, 9.17) is 4.74 Å². The molecule has 4 aromatic rings. The van der Waals surface area contributed by atoms with Gasteiger partial charge in [0.1, 0.15) is 12.3 Å². The van der Waals surface area contributed by atoms with E-state index in [1.807, 2.05) is 0 Å². The first-order valence-electron chi connectivity index (χ1n) is 8.56. The molecule has 1 aromatic carbocycles. The number of aromatic nitrogens is 3. The second kappa shape index (κ2) is 7.46. The Bertz CT molecular complexity index is 1160. The highest BCUT2D eigenvalue weighted by molar-refractivity contribution is 5.92. The van der Waals surface area contributed by atoms with Crippen LogP contribution in [0.5, 0.6) is 5.75 Å². The molecule has 0 radical (unpaired) electrons. The fourth-order valence-electron chi connectivity index (χ4n) is 2.86. The smallest absolute Gasteiger partial charge is 0.433 e. The molecule has 4 rings (SSSR count). The van der Waals surface area contributed by atoms with Crippen molar-refractivity contribution in [1.82, 2.24) is 15.0 Å². The Morgan fingerprint density at radius 2 is 1.69 bits per heavy atom. The molecule has 0 amide bonds. The third-order valence-corrected chi connectivity index (χ3v) is 4.28. The third-order valence-electron chi connectivity index (χ3n) is 4.28. The number of fused-ring (bicyclic) bond motifs is 1. The predicted octanol–water partition coefficient (Wildman–Crippen LogP) is 5.43. The van der Waals surface area contributed by atoms with E-state index in [1.54, 1.807) is 30.6 Å². The van der Waals surface area contributed by atoms with Gasteiger partial charge in [-0.15, -0.1) is 0 Å². The molecule has 4 nitrogen and oxygen atoms in total.